The lowest BCUT2D eigenvalue weighted by molar-refractivity contribution is -0.115. The van der Waals surface area contributed by atoms with Crippen molar-refractivity contribution >= 4 is 38.7 Å². The number of carbonyl (C=O) groups is 1. The number of benzene rings is 1. The largest absolute Gasteiger partial charge is 0.376 e. The first kappa shape index (κ1) is 14.4. The van der Waals surface area contributed by atoms with Crippen LogP contribution in [0.1, 0.15) is 16.8 Å². The van der Waals surface area contributed by atoms with Gasteiger partial charge in [-0.3, -0.25) is 9.89 Å². The van der Waals surface area contributed by atoms with E-state index in [1.807, 2.05) is 12.1 Å². The Hall–Kier alpha value is -2.19. The molecular weight excluding hydrogens is 362 g/mol. The lowest BCUT2D eigenvalue weighted by Crippen LogP contribution is -2.17. The molecule has 7 nitrogen and oxygen atoms in total. The molecule has 1 aromatic carbocycles. The summed E-state index contributed by atoms with van der Waals surface area (Å²) in [5.41, 5.74) is 4.63. The van der Waals surface area contributed by atoms with Crippen LogP contribution in [-0.4, -0.2) is 32.7 Å². The molecule has 118 valence electrons. The van der Waals surface area contributed by atoms with E-state index in [1.54, 1.807) is 6.33 Å². The summed E-state index contributed by atoms with van der Waals surface area (Å²) < 4.78 is 6.28. The molecule has 3 heterocycles. The number of anilines is 1. The van der Waals surface area contributed by atoms with Gasteiger partial charge >= 0.3 is 0 Å². The summed E-state index contributed by atoms with van der Waals surface area (Å²) in [7, 11) is 0. The minimum atomic E-state index is -0.121. The highest BCUT2D eigenvalue weighted by Crippen LogP contribution is 2.25. The van der Waals surface area contributed by atoms with Crippen LogP contribution in [-0.2, 0) is 29.0 Å². The molecule has 0 spiro atoms. The van der Waals surface area contributed by atoms with Crippen molar-refractivity contribution in [1.82, 2.24) is 20.2 Å². The summed E-state index contributed by atoms with van der Waals surface area (Å²) in [6, 6.07) is 3.83. The van der Waals surface area contributed by atoms with Crippen LogP contribution in [0, 0.1) is 0 Å². The van der Waals surface area contributed by atoms with E-state index in [-0.39, 0.29) is 12.3 Å². The number of carbonyl (C=O) groups excluding carboxylic acids is 1. The number of halogens is 1. The molecule has 2 aromatic heterocycles. The van der Waals surface area contributed by atoms with Crippen LogP contribution >= 0.6 is 15.9 Å². The third-order valence-electron chi connectivity index (χ3n) is 3.89. The van der Waals surface area contributed by atoms with Crippen molar-refractivity contribution in [2.45, 2.75) is 19.4 Å². The van der Waals surface area contributed by atoms with E-state index in [1.165, 1.54) is 0 Å². The van der Waals surface area contributed by atoms with Crippen LogP contribution in [0.25, 0.3) is 11.0 Å². The van der Waals surface area contributed by atoms with E-state index in [2.05, 4.69) is 41.4 Å². The minimum Gasteiger partial charge on any atom is -0.376 e. The molecule has 4 rings (SSSR count). The summed E-state index contributed by atoms with van der Waals surface area (Å²) in [5, 5.41) is 10.00. The first-order valence-corrected chi connectivity index (χ1v) is 8.05. The van der Waals surface area contributed by atoms with Gasteiger partial charge in [-0.05, 0) is 17.7 Å². The number of imidazole rings is 1. The lowest BCUT2D eigenvalue weighted by atomic mass is 10.1. The Labute approximate surface area is 140 Å². The Morgan fingerprint density at radius 3 is 3.26 bits per heavy atom. The first-order valence-electron chi connectivity index (χ1n) is 7.26. The van der Waals surface area contributed by atoms with Gasteiger partial charge in [0.2, 0.25) is 5.91 Å². The van der Waals surface area contributed by atoms with Crippen molar-refractivity contribution in [3.63, 3.8) is 0 Å². The van der Waals surface area contributed by atoms with Gasteiger partial charge in [0, 0.05) is 22.2 Å². The van der Waals surface area contributed by atoms with Gasteiger partial charge in [-0.15, -0.1) is 0 Å². The topological polar surface area (TPSA) is 95.7 Å². The second-order valence-corrected chi connectivity index (χ2v) is 6.27. The van der Waals surface area contributed by atoms with Crippen LogP contribution < -0.4 is 5.32 Å². The van der Waals surface area contributed by atoms with E-state index in [4.69, 9.17) is 4.74 Å². The lowest BCUT2D eigenvalue weighted by Gasteiger charge is -2.12. The van der Waals surface area contributed by atoms with E-state index in [0.29, 0.717) is 19.0 Å². The van der Waals surface area contributed by atoms with Crippen molar-refractivity contribution in [1.29, 1.82) is 0 Å². The van der Waals surface area contributed by atoms with Gasteiger partial charge in [0.1, 0.15) is 0 Å². The molecule has 8 heteroatoms. The Bertz CT molecular complexity index is 885. The molecule has 1 amide bonds. The van der Waals surface area contributed by atoms with E-state index in [0.717, 1.165) is 38.7 Å². The van der Waals surface area contributed by atoms with Crippen LogP contribution in [0.15, 0.2) is 22.9 Å². The maximum absolute atomic E-state index is 12.3. The Morgan fingerprint density at radius 1 is 1.43 bits per heavy atom. The molecule has 3 N–H and O–H groups in total. The van der Waals surface area contributed by atoms with Gasteiger partial charge in [0.25, 0.3) is 0 Å². The fraction of sp³-hybridized carbons (Fsp3) is 0.267. The number of rotatable bonds is 3. The summed E-state index contributed by atoms with van der Waals surface area (Å²) >= 11 is 3.49. The first-order chi connectivity index (χ1) is 11.2. The van der Waals surface area contributed by atoms with Gasteiger partial charge in [0.15, 0.2) is 5.82 Å². The van der Waals surface area contributed by atoms with Crippen molar-refractivity contribution < 1.29 is 9.53 Å². The number of hydrogen-bond acceptors (Lipinski definition) is 4. The van der Waals surface area contributed by atoms with Gasteiger partial charge in [-0.1, -0.05) is 15.9 Å². The maximum Gasteiger partial charge on any atom is 0.230 e. The molecular formula is C15H14BrN5O2. The van der Waals surface area contributed by atoms with Crippen LogP contribution in [0.2, 0.25) is 0 Å². The zero-order valence-corrected chi connectivity index (χ0v) is 13.7. The van der Waals surface area contributed by atoms with Crippen LogP contribution in [0.5, 0.6) is 0 Å². The van der Waals surface area contributed by atoms with Crippen LogP contribution in [0.4, 0.5) is 5.82 Å². The highest BCUT2D eigenvalue weighted by atomic mass is 79.9. The standard InChI is InChI=1S/C15H14BrN5O2/c16-10-5-13-12(17-7-18-13)3-8(10)4-14(22)19-15-9-6-23-2-1-11(9)20-21-15/h3,5,7H,1-2,4,6H2,(H,17,18)(H2,19,20,21,22). The third-order valence-corrected chi connectivity index (χ3v) is 4.63. The Morgan fingerprint density at radius 2 is 2.35 bits per heavy atom. The quantitative estimate of drug-likeness (QED) is 0.654. The van der Waals surface area contributed by atoms with Crippen molar-refractivity contribution in [3.05, 3.63) is 39.8 Å². The van der Waals surface area contributed by atoms with Gasteiger partial charge in [0.05, 0.1) is 37.0 Å². The summed E-state index contributed by atoms with van der Waals surface area (Å²) in [6.45, 7) is 1.16. The monoisotopic (exact) mass is 375 g/mol. The molecule has 0 radical (unpaired) electrons. The number of H-pyrrole nitrogens is 2. The van der Waals surface area contributed by atoms with Gasteiger partial charge in [-0.2, -0.15) is 5.10 Å². The number of ether oxygens (including phenoxy) is 1. The summed E-state index contributed by atoms with van der Waals surface area (Å²) in [4.78, 5) is 19.6. The van der Waals surface area contributed by atoms with E-state index < -0.39 is 0 Å². The van der Waals surface area contributed by atoms with Crippen molar-refractivity contribution in [2.24, 2.45) is 0 Å². The average Bonchev–Trinajstić information content (AvgIpc) is 3.15. The molecule has 3 aromatic rings. The predicted molar refractivity (Wildman–Crippen MR) is 88.1 cm³/mol. The number of nitrogens with one attached hydrogen (secondary N) is 3. The normalized spacial score (nSPS) is 14.0. The Balaban J connectivity index is 1.53. The molecule has 0 atom stereocenters. The number of hydrogen-bond donors (Lipinski definition) is 3. The smallest absolute Gasteiger partial charge is 0.230 e. The molecule has 0 saturated carbocycles. The van der Waals surface area contributed by atoms with Crippen molar-refractivity contribution in [2.75, 3.05) is 11.9 Å². The molecule has 0 saturated heterocycles. The predicted octanol–water partition coefficient (Wildman–Crippen LogP) is 2.30. The molecule has 23 heavy (non-hydrogen) atoms. The Kier molecular flexibility index (Phi) is 3.62. The average molecular weight is 376 g/mol. The molecule has 1 aliphatic heterocycles. The minimum absolute atomic E-state index is 0.121. The van der Waals surface area contributed by atoms with E-state index >= 15 is 0 Å². The third kappa shape index (κ3) is 2.75. The second-order valence-electron chi connectivity index (χ2n) is 5.42. The number of nitrogens with zero attached hydrogens (tertiary/aromatic N) is 2. The van der Waals surface area contributed by atoms with Crippen molar-refractivity contribution in [3.8, 4) is 0 Å². The zero-order chi connectivity index (χ0) is 15.8. The molecule has 0 unspecified atom stereocenters. The zero-order valence-electron chi connectivity index (χ0n) is 12.1. The second kappa shape index (κ2) is 5.78. The summed E-state index contributed by atoms with van der Waals surface area (Å²) in [5.74, 6) is 0.438. The van der Waals surface area contributed by atoms with Gasteiger partial charge in [-0.25, -0.2) is 4.98 Å². The fourth-order valence-corrected chi connectivity index (χ4v) is 3.17. The highest BCUT2D eigenvalue weighted by molar-refractivity contribution is 9.10. The highest BCUT2D eigenvalue weighted by Gasteiger charge is 2.19. The number of aromatic nitrogens is 4. The molecule has 0 fully saturated rings. The van der Waals surface area contributed by atoms with E-state index in [9.17, 15) is 4.79 Å². The maximum atomic E-state index is 12.3. The number of fused-ring (bicyclic) bond motifs is 2. The molecule has 1 aliphatic rings. The molecule has 0 aliphatic carbocycles. The fourth-order valence-electron chi connectivity index (χ4n) is 2.70. The molecule has 0 bridgehead atoms. The number of aromatic amines is 2. The van der Waals surface area contributed by atoms with Gasteiger partial charge < -0.3 is 15.0 Å². The SMILES string of the molecule is O=C(Cc1cc2[nH]cnc2cc1Br)Nc1n[nH]c2c1COCC2. The summed E-state index contributed by atoms with van der Waals surface area (Å²) in [6.07, 6.45) is 2.68. The number of amides is 1. The van der Waals surface area contributed by atoms with Crippen LogP contribution in [0.3, 0.4) is 0 Å².